The van der Waals surface area contributed by atoms with Crippen LogP contribution in [-0.4, -0.2) is 41.5 Å². The molecule has 0 bridgehead atoms. The van der Waals surface area contributed by atoms with Crippen molar-refractivity contribution in [2.75, 3.05) is 20.3 Å². The summed E-state index contributed by atoms with van der Waals surface area (Å²) in [5, 5.41) is 12.5. The van der Waals surface area contributed by atoms with E-state index in [0.29, 0.717) is 50.6 Å². The van der Waals surface area contributed by atoms with Crippen molar-refractivity contribution in [2.24, 2.45) is 0 Å². The molecule has 0 amide bonds. The lowest BCUT2D eigenvalue weighted by molar-refractivity contribution is -0.137. The molecule has 0 aromatic carbocycles. The molecule has 1 aromatic rings. The van der Waals surface area contributed by atoms with E-state index in [1.54, 1.807) is 7.11 Å². The second-order valence-electron chi connectivity index (χ2n) is 4.57. The van der Waals surface area contributed by atoms with E-state index in [2.05, 4.69) is 10.1 Å². The van der Waals surface area contributed by atoms with Crippen molar-refractivity contribution < 1.29 is 23.9 Å². The molecule has 0 unspecified atom stereocenters. The summed E-state index contributed by atoms with van der Waals surface area (Å²) in [5.41, 5.74) is -0.535. The maximum Gasteiger partial charge on any atom is 0.303 e. The summed E-state index contributed by atoms with van der Waals surface area (Å²) in [6.45, 7) is 1.22. The van der Waals surface area contributed by atoms with E-state index in [1.807, 2.05) is 0 Å². The van der Waals surface area contributed by atoms with Crippen molar-refractivity contribution in [1.82, 2.24) is 10.1 Å². The van der Waals surface area contributed by atoms with Gasteiger partial charge in [0.1, 0.15) is 5.60 Å². The summed E-state index contributed by atoms with van der Waals surface area (Å²) in [7, 11) is 1.63. The topological polar surface area (TPSA) is 94.7 Å². The van der Waals surface area contributed by atoms with Crippen LogP contribution in [0.4, 0.5) is 0 Å². The molecule has 0 saturated carbocycles. The molecule has 0 aliphatic carbocycles. The second kappa shape index (κ2) is 6.12. The fraction of sp³-hybridized carbons (Fsp3) is 0.750. The van der Waals surface area contributed by atoms with Crippen LogP contribution in [0.5, 0.6) is 0 Å². The molecule has 106 valence electrons. The molecule has 19 heavy (non-hydrogen) atoms. The number of aromatic nitrogens is 2. The van der Waals surface area contributed by atoms with Gasteiger partial charge in [-0.15, -0.1) is 0 Å². The normalized spacial score (nSPS) is 18.4. The van der Waals surface area contributed by atoms with Crippen molar-refractivity contribution in [3.05, 3.63) is 11.7 Å². The van der Waals surface area contributed by atoms with Crippen LogP contribution < -0.4 is 0 Å². The predicted octanol–water partition coefficient (Wildman–Crippen LogP) is 1.13. The summed E-state index contributed by atoms with van der Waals surface area (Å²) in [4.78, 5) is 14.8. The summed E-state index contributed by atoms with van der Waals surface area (Å²) in [6, 6.07) is 0. The molecule has 1 saturated heterocycles. The van der Waals surface area contributed by atoms with Crippen molar-refractivity contribution in [3.63, 3.8) is 0 Å². The minimum atomic E-state index is -0.822. The Balaban J connectivity index is 2.00. The Morgan fingerprint density at radius 3 is 2.84 bits per heavy atom. The standard InChI is InChI=1S/C12H18N2O5/c1-17-12(5-7-18-8-6-12)11-13-9(19-14-11)3-2-4-10(15)16/h2-8H2,1H3,(H,15,16). The van der Waals surface area contributed by atoms with E-state index in [4.69, 9.17) is 19.1 Å². The molecule has 0 spiro atoms. The van der Waals surface area contributed by atoms with Crippen LogP contribution in [0.2, 0.25) is 0 Å². The van der Waals surface area contributed by atoms with E-state index >= 15 is 0 Å². The SMILES string of the molecule is COC1(c2noc(CCCC(=O)O)n2)CCOCC1. The molecule has 1 N–H and O–H groups in total. The molecule has 1 aliphatic rings. The third-order valence-corrected chi connectivity index (χ3v) is 3.35. The minimum absolute atomic E-state index is 0.0982. The number of nitrogens with zero attached hydrogens (tertiary/aromatic N) is 2. The van der Waals surface area contributed by atoms with E-state index in [0.717, 1.165) is 0 Å². The molecule has 7 nitrogen and oxygen atoms in total. The van der Waals surface area contributed by atoms with Crippen LogP contribution in [0, 0.1) is 0 Å². The van der Waals surface area contributed by atoms with Gasteiger partial charge in [0.2, 0.25) is 11.7 Å². The van der Waals surface area contributed by atoms with Gasteiger partial charge in [0.25, 0.3) is 0 Å². The van der Waals surface area contributed by atoms with Crippen LogP contribution in [0.1, 0.15) is 37.4 Å². The monoisotopic (exact) mass is 270 g/mol. The van der Waals surface area contributed by atoms with Gasteiger partial charge >= 0.3 is 5.97 Å². The zero-order valence-electron chi connectivity index (χ0n) is 10.9. The van der Waals surface area contributed by atoms with Gasteiger partial charge in [0.15, 0.2) is 0 Å². The van der Waals surface area contributed by atoms with Crippen LogP contribution in [-0.2, 0) is 26.3 Å². The van der Waals surface area contributed by atoms with Crippen molar-refractivity contribution in [1.29, 1.82) is 0 Å². The van der Waals surface area contributed by atoms with Gasteiger partial charge in [0.05, 0.1) is 0 Å². The quantitative estimate of drug-likeness (QED) is 0.827. The average molecular weight is 270 g/mol. The highest BCUT2D eigenvalue weighted by Crippen LogP contribution is 2.33. The van der Waals surface area contributed by atoms with E-state index in [-0.39, 0.29) is 6.42 Å². The lowest BCUT2D eigenvalue weighted by Crippen LogP contribution is -2.36. The van der Waals surface area contributed by atoms with E-state index < -0.39 is 11.6 Å². The summed E-state index contributed by atoms with van der Waals surface area (Å²) in [5.74, 6) is 0.167. The first-order chi connectivity index (χ1) is 9.16. The fourth-order valence-corrected chi connectivity index (χ4v) is 2.15. The Labute approximate surface area is 110 Å². The summed E-state index contributed by atoms with van der Waals surface area (Å²) >= 11 is 0. The van der Waals surface area contributed by atoms with Gasteiger partial charge in [-0.2, -0.15) is 4.98 Å². The molecule has 1 fully saturated rings. The number of carboxylic acid groups (broad SMARTS) is 1. The Bertz CT molecular complexity index is 426. The van der Waals surface area contributed by atoms with E-state index in [9.17, 15) is 4.79 Å². The second-order valence-corrected chi connectivity index (χ2v) is 4.57. The molecule has 1 aliphatic heterocycles. The zero-order valence-corrected chi connectivity index (χ0v) is 10.9. The van der Waals surface area contributed by atoms with Crippen molar-refractivity contribution >= 4 is 5.97 Å². The molecule has 0 radical (unpaired) electrons. The van der Waals surface area contributed by atoms with Gasteiger partial charge in [-0.1, -0.05) is 5.16 Å². The van der Waals surface area contributed by atoms with Crippen LogP contribution in [0.25, 0.3) is 0 Å². The Kier molecular flexibility index (Phi) is 4.49. The summed E-state index contributed by atoms with van der Waals surface area (Å²) < 4.78 is 16.0. The molecule has 7 heteroatoms. The van der Waals surface area contributed by atoms with Gasteiger partial charge < -0.3 is 19.1 Å². The number of methoxy groups -OCH3 is 1. The third kappa shape index (κ3) is 3.30. The highest BCUT2D eigenvalue weighted by molar-refractivity contribution is 5.66. The first-order valence-corrected chi connectivity index (χ1v) is 6.34. The highest BCUT2D eigenvalue weighted by atomic mass is 16.5. The molecule has 2 rings (SSSR count). The third-order valence-electron chi connectivity index (χ3n) is 3.35. The predicted molar refractivity (Wildman–Crippen MR) is 63.6 cm³/mol. The van der Waals surface area contributed by atoms with Crippen LogP contribution in [0.15, 0.2) is 4.52 Å². The number of hydrogen-bond donors (Lipinski definition) is 1. The number of ether oxygens (including phenoxy) is 2. The van der Waals surface area contributed by atoms with Crippen molar-refractivity contribution in [3.8, 4) is 0 Å². The Hall–Kier alpha value is -1.47. The van der Waals surface area contributed by atoms with Gasteiger partial charge in [-0.05, 0) is 6.42 Å². The summed E-state index contributed by atoms with van der Waals surface area (Å²) in [6.07, 6.45) is 2.44. The zero-order chi connectivity index (χ0) is 13.7. The van der Waals surface area contributed by atoms with Crippen LogP contribution >= 0.6 is 0 Å². The maximum absolute atomic E-state index is 10.4. The smallest absolute Gasteiger partial charge is 0.303 e. The molecule has 2 heterocycles. The molecular weight excluding hydrogens is 252 g/mol. The number of aliphatic carboxylic acids is 1. The van der Waals surface area contributed by atoms with Gasteiger partial charge in [0, 0.05) is 46.0 Å². The average Bonchev–Trinajstić information content (AvgIpc) is 2.88. The molecular formula is C12H18N2O5. The molecule has 0 atom stereocenters. The van der Waals surface area contributed by atoms with Crippen molar-refractivity contribution in [2.45, 2.75) is 37.7 Å². The van der Waals surface area contributed by atoms with Gasteiger partial charge in [-0.25, -0.2) is 0 Å². The molecule has 1 aromatic heterocycles. The maximum atomic E-state index is 10.4. The number of carboxylic acids is 1. The lowest BCUT2D eigenvalue weighted by Gasteiger charge is -2.32. The largest absolute Gasteiger partial charge is 0.481 e. The van der Waals surface area contributed by atoms with Crippen LogP contribution in [0.3, 0.4) is 0 Å². The Morgan fingerprint density at radius 1 is 1.47 bits per heavy atom. The number of aryl methyl sites for hydroxylation is 1. The number of carbonyl (C=O) groups is 1. The van der Waals surface area contributed by atoms with Gasteiger partial charge in [-0.3, -0.25) is 4.79 Å². The lowest BCUT2D eigenvalue weighted by atomic mass is 9.93. The first kappa shape index (κ1) is 14.0. The highest BCUT2D eigenvalue weighted by Gasteiger charge is 2.39. The number of hydrogen-bond acceptors (Lipinski definition) is 6. The fourth-order valence-electron chi connectivity index (χ4n) is 2.15. The minimum Gasteiger partial charge on any atom is -0.481 e. The van der Waals surface area contributed by atoms with E-state index in [1.165, 1.54) is 0 Å². The number of rotatable bonds is 6. The Morgan fingerprint density at radius 2 is 2.21 bits per heavy atom. The first-order valence-electron chi connectivity index (χ1n) is 6.34.